The molecule has 1 rings (SSSR count). The standard InChI is InChI=1S/C11H21N3S/c1-2-3-4-5-6-7-8-9-10-13-14-11(12)15-10/h2-9H2,1H3,(H2,12,14). The van der Waals surface area contributed by atoms with E-state index in [1.165, 1.54) is 56.3 Å². The van der Waals surface area contributed by atoms with Crippen LogP contribution in [0.2, 0.25) is 0 Å². The number of nitrogens with zero attached hydrogens (tertiary/aromatic N) is 2. The van der Waals surface area contributed by atoms with Crippen LogP contribution in [-0.4, -0.2) is 10.2 Å². The predicted octanol–water partition coefficient (Wildman–Crippen LogP) is 3.41. The molecule has 4 heteroatoms. The Bertz CT molecular complexity index is 260. The lowest BCUT2D eigenvalue weighted by Crippen LogP contribution is -1.85. The number of unbranched alkanes of at least 4 members (excludes halogenated alkanes) is 6. The average molecular weight is 227 g/mol. The van der Waals surface area contributed by atoms with E-state index in [1.54, 1.807) is 0 Å². The molecule has 0 fully saturated rings. The summed E-state index contributed by atoms with van der Waals surface area (Å²) in [6.07, 6.45) is 10.4. The van der Waals surface area contributed by atoms with Crippen molar-refractivity contribution < 1.29 is 0 Å². The van der Waals surface area contributed by atoms with Gasteiger partial charge in [-0.1, -0.05) is 56.8 Å². The fourth-order valence-electron chi connectivity index (χ4n) is 1.60. The van der Waals surface area contributed by atoms with Crippen molar-refractivity contribution in [2.75, 3.05) is 5.73 Å². The lowest BCUT2D eigenvalue weighted by atomic mass is 10.1. The first-order valence-corrected chi connectivity index (χ1v) is 6.72. The SMILES string of the molecule is CCCCCCCCCc1nnc(N)s1. The molecular weight excluding hydrogens is 206 g/mol. The van der Waals surface area contributed by atoms with Crippen molar-refractivity contribution in [2.24, 2.45) is 0 Å². The number of hydrogen-bond donors (Lipinski definition) is 1. The molecular formula is C11H21N3S. The molecule has 1 heterocycles. The molecule has 1 aromatic rings. The molecule has 0 unspecified atom stereocenters. The molecule has 0 bridgehead atoms. The highest BCUT2D eigenvalue weighted by Gasteiger charge is 2.00. The Hall–Kier alpha value is -0.640. The molecule has 3 nitrogen and oxygen atoms in total. The summed E-state index contributed by atoms with van der Waals surface area (Å²) < 4.78 is 0. The smallest absolute Gasteiger partial charge is 0.203 e. The van der Waals surface area contributed by atoms with Gasteiger partial charge in [0.2, 0.25) is 5.13 Å². The van der Waals surface area contributed by atoms with Gasteiger partial charge in [-0.15, -0.1) is 10.2 Å². The van der Waals surface area contributed by atoms with Crippen molar-refractivity contribution >= 4 is 16.5 Å². The molecule has 0 aliphatic rings. The van der Waals surface area contributed by atoms with Crippen LogP contribution in [-0.2, 0) is 6.42 Å². The van der Waals surface area contributed by atoms with E-state index in [2.05, 4.69) is 17.1 Å². The van der Waals surface area contributed by atoms with Crippen LogP contribution in [0.4, 0.5) is 5.13 Å². The van der Waals surface area contributed by atoms with Crippen LogP contribution in [0, 0.1) is 0 Å². The van der Waals surface area contributed by atoms with E-state index in [-0.39, 0.29) is 0 Å². The van der Waals surface area contributed by atoms with Crippen LogP contribution < -0.4 is 5.73 Å². The highest BCUT2D eigenvalue weighted by Crippen LogP contribution is 2.15. The summed E-state index contributed by atoms with van der Waals surface area (Å²) in [6.45, 7) is 2.25. The average Bonchev–Trinajstić information content (AvgIpc) is 2.63. The number of rotatable bonds is 8. The fraction of sp³-hybridized carbons (Fsp3) is 0.818. The van der Waals surface area contributed by atoms with Gasteiger partial charge in [-0.05, 0) is 6.42 Å². The number of aromatic nitrogens is 2. The minimum atomic E-state index is 0.591. The van der Waals surface area contributed by atoms with Crippen LogP contribution >= 0.6 is 11.3 Å². The van der Waals surface area contributed by atoms with E-state index >= 15 is 0 Å². The zero-order valence-electron chi connectivity index (χ0n) is 9.54. The quantitative estimate of drug-likeness (QED) is 0.692. The van der Waals surface area contributed by atoms with E-state index in [9.17, 15) is 0 Å². The van der Waals surface area contributed by atoms with Crippen molar-refractivity contribution in [1.82, 2.24) is 10.2 Å². The van der Waals surface area contributed by atoms with Crippen LogP contribution in [0.1, 0.15) is 56.9 Å². The minimum Gasteiger partial charge on any atom is -0.374 e. The summed E-state index contributed by atoms with van der Waals surface area (Å²) in [6, 6.07) is 0. The summed E-state index contributed by atoms with van der Waals surface area (Å²) in [5.41, 5.74) is 5.51. The van der Waals surface area contributed by atoms with E-state index in [4.69, 9.17) is 5.73 Å². The van der Waals surface area contributed by atoms with E-state index in [1.807, 2.05) is 0 Å². The Labute approximate surface area is 96.1 Å². The Morgan fingerprint density at radius 3 is 2.27 bits per heavy atom. The van der Waals surface area contributed by atoms with Gasteiger partial charge in [0, 0.05) is 6.42 Å². The normalized spacial score (nSPS) is 10.7. The summed E-state index contributed by atoms with van der Waals surface area (Å²) in [5.74, 6) is 0. The first kappa shape index (κ1) is 12.4. The number of nitrogen functional groups attached to an aromatic ring is 1. The third-order valence-corrected chi connectivity index (χ3v) is 3.29. The van der Waals surface area contributed by atoms with Gasteiger partial charge >= 0.3 is 0 Å². The highest BCUT2D eigenvalue weighted by atomic mass is 32.1. The molecule has 0 radical (unpaired) electrons. The number of aryl methyl sites for hydroxylation is 1. The molecule has 2 N–H and O–H groups in total. The van der Waals surface area contributed by atoms with Crippen molar-refractivity contribution in [1.29, 1.82) is 0 Å². The second-order valence-electron chi connectivity index (χ2n) is 3.91. The van der Waals surface area contributed by atoms with Crippen LogP contribution in [0.5, 0.6) is 0 Å². The lowest BCUT2D eigenvalue weighted by Gasteiger charge is -1.99. The molecule has 15 heavy (non-hydrogen) atoms. The lowest BCUT2D eigenvalue weighted by molar-refractivity contribution is 0.588. The van der Waals surface area contributed by atoms with Gasteiger partial charge in [-0.3, -0.25) is 0 Å². The third-order valence-electron chi connectivity index (χ3n) is 2.48. The fourth-order valence-corrected chi connectivity index (χ4v) is 2.25. The maximum Gasteiger partial charge on any atom is 0.203 e. The second kappa shape index (κ2) is 7.63. The molecule has 0 atom stereocenters. The molecule has 86 valence electrons. The molecule has 0 saturated carbocycles. The third kappa shape index (κ3) is 5.72. The van der Waals surface area contributed by atoms with Crippen molar-refractivity contribution in [3.8, 4) is 0 Å². The predicted molar refractivity (Wildman–Crippen MR) is 66.0 cm³/mol. The maximum absolute atomic E-state index is 5.51. The highest BCUT2D eigenvalue weighted by molar-refractivity contribution is 7.15. The molecule has 0 spiro atoms. The summed E-state index contributed by atoms with van der Waals surface area (Å²) in [7, 11) is 0. The zero-order valence-corrected chi connectivity index (χ0v) is 10.4. The van der Waals surface area contributed by atoms with Crippen LogP contribution in [0.25, 0.3) is 0 Å². The second-order valence-corrected chi connectivity index (χ2v) is 5.00. The molecule has 0 aliphatic carbocycles. The van der Waals surface area contributed by atoms with Gasteiger partial charge < -0.3 is 5.73 Å². The summed E-state index contributed by atoms with van der Waals surface area (Å²) in [5, 5.41) is 9.48. The molecule has 1 aromatic heterocycles. The Kier molecular flexibility index (Phi) is 6.32. The number of anilines is 1. The first-order valence-electron chi connectivity index (χ1n) is 5.90. The van der Waals surface area contributed by atoms with Gasteiger partial charge in [-0.25, -0.2) is 0 Å². The van der Waals surface area contributed by atoms with Gasteiger partial charge in [0.05, 0.1) is 0 Å². The molecule has 0 aromatic carbocycles. The molecule has 0 amide bonds. The van der Waals surface area contributed by atoms with Gasteiger partial charge in [0.25, 0.3) is 0 Å². The Balaban J connectivity index is 1.93. The topological polar surface area (TPSA) is 51.8 Å². The van der Waals surface area contributed by atoms with Crippen molar-refractivity contribution in [2.45, 2.75) is 58.3 Å². The maximum atomic E-state index is 5.51. The summed E-state index contributed by atoms with van der Waals surface area (Å²) >= 11 is 1.52. The van der Waals surface area contributed by atoms with Crippen molar-refractivity contribution in [3.63, 3.8) is 0 Å². The van der Waals surface area contributed by atoms with E-state index in [0.717, 1.165) is 11.4 Å². The minimum absolute atomic E-state index is 0.591. The molecule has 0 aliphatic heterocycles. The number of hydrogen-bond acceptors (Lipinski definition) is 4. The van der Waals surface area contributed by atoms with Crippen LogP contribution in [0.15, 0.2) is 0 Å². The Morgan fingerprint density at radius 1 is 1.00 bits per heavy atom. The van der Waals surface area contributed by atoms with E-state index < -0.39 is 0 Å². The van der Waals surface area contributed by atoms with Gasteiger partial charge in [0.15, 0.2) is 0 Å². The largest absolute Gasteiger partial charge is 0.374 e. The monoisotopic (exact) mass is 227 g/mol. The Morgan fingerprint density at radius 2 is 1.67 bits per heavy atom. The van der Waals surface area contributed by atoms with Gasteiger partial charge in [-0.2, -0.15) is 0 Å². The van der Waals surface area contributed by atoms with Crippen LogP contribution in [0.3, 0.4) is 0 Å². The summed E-state index contributed by atoms with van der Waals surface area (Å²) in [4.78, 5) is 0. The van der Waals surface area contributed by atoms with E-state index in [0.29, 0.717) is 5.13 Å². The molecule has 0 saturated heterocycles. The van der Waals surface area contributed by atoms with Gasteiger partial charge in [0.1, 0.15) is 5.01 Å². The zero-order chi connectivity index (χ0) is 10.9. The van der Waals surface area contributed by atoms with Crippen molar-refractivity contribution in [3.05, 3.63) is 5.01 Å². The first-order chi connectivity index (χ1) is 7.33. The number of nitrogens with two attached hydrogens (primary N) is 1.